The molecule has 0 spiro atoms. The van der Waals surface area contributed by atoms with Gasteiger partial charge in [-0.1, -0.05) is 13.8 Å². The fourth-order valence-electron chi connectivity index (χ4n) is 1.76. The third-order valence-electron chi connectivity index (χ3n) is 2.97. The van der Waals surface area contributed by atoms with Crippen LogP contribution >= 0.6 is 0 Å². The summed E-state index contributed by atoms with van der Waals surface area (Å²) in [4.78, 5) is 47.1. The van der Waals surface area contributed by atoms with Gasteiger partial charge in [0, 0.05) is 0 Å². The summed E-state index contributed by atoms with van der Waals surface area (Å²) in [5, 5.41) is 7.31. The summed E-state index contributed by atoms with van der Waals surface area (Å²) in [6.45, 7) is 9.74. The van der Waals surface area contributed by atoms with Gasteiger partial charge in [0.1, 0.15) is 24.2 Å². The lowest BCUT2D eigenvalue weighted by Gasteiger charge is -2.23. The van der Waals surface area contributed by atoms with Gasteiger partial charge >= 0.3 is 12.1 Å². The zero-order valence-electron chi connectivity index (χ0n) is 15.9. The highest BCUT2D eigenvalue weighted by molar-refractivity contribution is 5.91. The first-order valence-corrected chi connectivity index (χ1v) is 8.01. The van der Waals surface area contributed by atoms with E-state index in [-0.39, 0.29) is 12.5 Å². The predicted molar refractivity (Wildman–Crippen MR) is 90.6 cm³/mol. The number of nitrogens with one attached hydrogen (secondary N) is 3. The van der Waals surface area contributed by atoms with Gasteiger partial charge in [-0.3, -0.25) is 9.59 Å². The Kier molecular flexibility index (Phi) is 8.94. The van der Waals surface area contributed by atoms with Crippen LogP contribution in [-0.4, -0.2) is 55.2 Å². The van der Waals surface area contributed by atoms with Crippen molar-refractivity contribution in [2.75, 3.05) is 13.7 Å². The van der Waals surface area contributed by atoms with Gasteiger partial charge in [0.05, 0.1) is 7.11 Å². The van der Waals surface area contributed by atoms with Crippen LogP contribution in [-0.2, 0) is 23.9 Å². The summed E-state index contributed by atoms with van der Waals surface area (Å²) in [6.07, 6.45) is -0.729. The van der Waals surface area contributed by atoms with Gasteiger partial charge in [0.25, 0.3) is 0 Å². The van der Waals surface area contributed by atoms with Crippen molar-refractivity contribution in [3.05, 3.63) is 0 Å². The number of esters is 1. The standard InChI is InChI=1S/C16H29N3O6/c1-9(2)12(13(21)18-10(3)14(22)24-7)19-11(20)8-17-15(23)25-16(4,5)6/h9-10,12H,8H2,1-7H3,(H,17,23)(H,18,21)(H,19,20)/t10-,12-/m0/s1. The van der Waals surface area contributed by atoms with Crippen LogP contribution in [0.4, 0.5) is 4.79 Å². The van der Waals surface area contributed by atoms with Gasteiger partial charge in [-0.15, -0.1) is 0 Å². The summed E-state index contributed by atoms with van der Waals surface area (Å²) in [7, 11) is 1.22. The molecule has 0 bridgehead atoms. The van der Waals surface area contributed by atoms with E-state index in [1.807, 2.05) is 0 Å². The number of hydrogen-bond donors (Lipinski definition) is 3. The highest BCUT2D eigenvalue weighted by Crippen LogP contribution is 2.06. The Morgan fingerprint density at radius 1 is 1.00 bits per heavy atom. The molecule has 0 aromatic rings. The molecule has 3 amide bonds. The van der Waals surface area contributed by atoms with E-state index in [1.165, 1.54) is 14.0 Å². The molecule has 25 heavy (non-hydrogen) atoms. The maximum absolute atomic E-state index is 12.2. The van der Waals surface area contributed by atoms with Crippen LogP contribution in [0.5, 0.6) is 0 Å². The lowest BCUT2D eigenvalue weighted by Crippen LogP contribution is -2.54. The molecule has 3 N–H and O–H groups in total. The summed E-state index contributed by atoms with van der Waals surface area (Å²) in [6, 6.07) is -1.70. The van der Waals surface area contributed by atoms with Crippen molar-refractivity contribution in [3.8, 4) is 0 Å². The minimum absolute atomic E-state index is 0.227. The molecule has 0 radical (unpaired) electrons. The second-order valence-electron chi connectivity index (χ2n) is 6.90. The van der Waals surface area contributed by atoms with Crippen LogP contribution in [0.3, 0.4) is 0 Å². The molecule has 0 aromatic heterocycles. The van der Waals surface area contributed by atoms with Gasteiger partial charge in [0.15, 0.2) is 0 Å². The van der Waals surface area contributed by atoms with Crippen molar-refractivity contribution in [3.63, 3.8) is 0 Å². The minimum Gasteiger partial charge on any atom is -0.467 e. The van der Waals surface area contributed by atoms with Gasteiger partial charge in [-0.25, -0.2) is 9.59 Å². The van der Waals surface area contributed by atoms with Crippen molar-refractivity contribution in [2.24, 2.45) is 5.92 Å². The van der Waals surface area contributed by atoms with Gasteiger partial charge in [0.2, 0.25) is 11.8 Å². The molecule has 9 nitrogen and oxygen atoms in total. The third kappa shape index (κ3) is 9.53. The number of alkyl carbamates (subject to hydrolysis) is 1. The van der Waals surface area contributed by atoms with E-state index in [9.17, 15) is 19.2 Å². The Morgan fingerprint density at radius 3 is 2.00 bits per heavy atom. The average Bonchev–Trinajstić information content (AvgIpc) is 2.47. The monoisotopic (exact) mass is 359 g/mol. The van der Waals surface area contributed by atoms with E-state index in [4.69, 9.17) is 4.74 Å². The van der Waals surface area contributed by atoms with Crippen molar-refractivity contribution in [1.29, 1.82) is 0 Å². The molecule has 9 heteroatoms. The van der Waals surface area contributed by atoms with Gasteiger partial charge < -0.3 is 25.4 Å². The minimum atomic E-state index is -0.861. The Bertz CT molecular complexity index is 499. The molecule has 0 rings (SSSR count). The van der Waals surface area contributed by atoms with Crippen LogP contribution in [0.2, 0.25) is 0 Å². The summed E-state index contributed by atoms with van der Waals surface area (Å²) >= 11 is 0. The summed E-state index contributed by atoms with van der Waals surface area (Å²) < 4.78 is 9.56. The van der Waals surface area contributed by atoms with E-state index >= 15 is 0 Å². The molecule has 0 aliphatic heterocycles. The molecule has 0 saturated carbocycles. The molecule has 0 saturated heterocycles. The number of hydrogen-bond acceptors (Lipinski definition) is 6. The predicted octanol–water partition coefficient (Wildman–Crippen LogP) is 0.330. The lowest BCUT2D eigenvalue weighted by atomic mass is 10.0. The van der Waals surface area contributed by atoms with E-state index in [0.717, 1.165) is 0 Å². The normalized spacial score (nSPS) is 13.4. The number of methoxy groups -OCH3 is 1. The number of amides is 3. The molecule has 144 valence electrons. The van der Waals surface area contributed by atoms with Crippen molar-refractivity contribution >= 4 is 23.9 Å². The van der Waals surface area contributed by atoms with Crippen LogP contribution in [0.25, 0.3) is 0 Å². The second kappa shape index (κ2) is 9.85. The fourth-order valence-corrected chi connectivity index (χ4v) is 1.76. The van der Waals surface area contributed by atoms with E-state index < -0.39 is 41.6 Å². The maximum atomic E-state index is 12.2. The zero-order chi connectivity index (χ0) is 19.8. The number of ether oxygens (including phenoxy) is 2. The van der Waals surface area contributed by atoms with Gasteiger partial charge in [-0.05, 0) is 33.6 Å². The average molecular weight is 359 g/mol. The molecule has 0 aromatic carbocycles. The van der Waals surface area contributed by atoms with Crippen LogP contribution < -0.4 is 16.0 Å². The molecular formula is C16H29N3O6. The van der Waals surface area contributed by atoms with Crippen LogP contribution in [0, 0.1) is 5.92 Å². The number of carbonyl (C=O) groups excluding carboxylic acids is 4. The molecule has 0 aliphatic carbocycles. The first-order chi connectivity index (χ1) is 11.4. The van der Waals surface area contributed by atoms with Crippen molar-refractivity contribution in [1.82, 2.24) is 16.0 Å². The van der Waals surface area contributed by atoms with Crippen LogP contribution in [0.1, 0.15) is 41.5 Å². The fraction of sp³-hybridized carbons (Fsp3) is 0.750. The van der Waals surface area contributed by atoms with E-state index in [1.54, 1.807) is 34.6 Å². The zero-order valence-corrected chi connectivity index (χ0v) is 15.9. The maximum Gasteiger partial charge on any atom is 0.408 e. The SMILES string of the molecule is COC(=O)[C@H](C)NC(=O)[C@@H](NC(=O)CNC(=O)OC(C)(C)C)C(C)C. The lowest BCUT2D eigenvalue weighted by molar-refractivity contribution is -0.145. The van der Waals surface area contributed by atoms with Crippen molar-refractivity contribution in [2.45, 2.75) is 59.2 Å². The van der Waals surface area contributed by atoms with Gasteiger partial charge in [-0.2, -0.15) is 0 Å². The second-order valence-corrected chi connectivity index (χ2v) is 6.90. The molecule has 0 aliphatic rings. The Labute approximate surface area is 148 Å². The van der Waals surface area contributed by atoms with Crippen molar-refractivity contribution < 1.29 is 28.7 Å². The Balaban J connectivity index is 4.60. The molecule has 0 fully saturated rings. The smallest absolute Gasteiger partial charge is 0.408 e. The van der Waals surface area contributed by atoms with E-state index in [2.05, 4.69) is 20.7 Å². The topological polar surface area (TPSA) is 123 Å². The summed E-state index contributed by atoms with van der Waals surface area (Å²) in [5.41, 5.74) is -0.676. The molecular weight excluding hydrogens is 330 g/mol. The Morgan fingerprint density at radius 2 is 1.56 bits per heavy atom. The third-order valence-corrected chi connectivity index (χ3v) is 2.97. The summed E-state index contributed by atoms with van der Waals surface area (Å²) in [5.74, 6) is -1.88. The quantitative estimate of drug-likeness (QED) is 0.563. The largest absolute Gasteiger partial charge is 0.467 e. The van der Waals surface area contributed by atoms with E-state index in [0.29, 0.717) is 0 Å². The Hall–Kier alpha value is -2.32. The molecule has 2 atom stereocenters. The molecule has 0 heterocycles. The highest BCUT2D eigenvalue weighted by atomic mass is 16.6. The first-order valence-electron chi connectivity index (χ1n) is 8.01. The first kappa shape index (κ1) is 22.7. The number of rotatable bonds is 7. The molecule has 0 unspecified atom stereocenters. The number of carbonyl (C=O) groups is 4. The highest BCUT2D eigenvalue weighted by Gasteiger charge is 2.27. The van der Waals surface area contributed by atoms with Crippen LogP contribution in [0.15, 0.2) is 0 Å².